The molecule has 5 heteroatoms. The Labute approximate surface area is 159 Å². The predicted molar refractivity (Wildman–Crippen MR) is 97.5 cm³/mol. The molecule has 0 amide bonds. The molecule has 1 spiro atoms. The maximum atomic E-state index is 15.3. The Hall–Kier alpha value is -1.20. The number of rotatable bonds is 1. The molecule has 1 N–H and O–H groups in total. The molecule has 4 nitrogen and oxygen atoms in total. The second-order valence-electron chi connectivity index (χ2n) is 9.83. The Morgan fingerprint density at radius 1 is 1.33 bits per heavy atom. The number of fused-ring (bicyclic) bond motifs is 3. The Bertz CT molecular complexity index is 776. The summed E-state index contributed by atoms with van der Waals surface area (Å²) in [4.78, 5) is 12.6. The van der Waals surface area contributed by atoms with Gasteiger partial charge >= 0.3 is 5.97 Å². The number of alkyl halides is 1. The molecule has 0 aromatic rings. The molecule has 9 atom stereocenters. The summed E-state index contributed by atoms with van der Waals surface area (Å²) < 4.78 is 26.7. The van der Waals surface area contributed by atoms with E-state index in [1.165, 1.54) is 7.11 Å². The number of esters is 1. The number of hydrogen-bond acceptors (Lipinski definition) is 4. The van der Waals surface area contributed by atoms with E-state index in [0.717, 1.165) is 12.0 Å². The number of methoxy groups -OCH3 is 1. The molecule has 148 valence electrons. The Balaban J connectivity index is 1.62. The van der Waals surface area contributed by atoms with Crippen LogP contribution in [0, 0.1) is 28.6 Å². The van der Waals surface area contributed by atoms with Crippen molar-refractivity contribution < 1.29 is 23.8 Å². The SMILES string of the molecule is COC(=O)[C@@]1(O)[C@@H](C)C[C@H]2[C@@H]3C[C@H](F)C4=CCC=C[C@]4(C)[C@@]34O[C@H]4C[C@@]21C. The summed E-state index contributed by atoms with van der Waals surface area (Å²) in [6, 6.07) is 0. The fourth-order valence-electron chi connectivity index (χ4n) is 7.71. The van der Waals surface area contributed by atoms with E-state index in [2.05, 4.69) is 19.1 Å². The summed E-state index contributed by atoms with van der Waals surface area (Å²) in [6.45, 7) is 6.02. The summed E-state index contributed by atoms with van der Waals surface area (Å²) >= 11 is 0. The van der Waals surface area contributed by atoms with Gasteiger partial charge in [-0.15, -0.1) is 0 Å². The zero-order chi connectivity index (χ0) is 19.4. The quantitative estimate of drug-likeness (QED) is 0.433. The van der Waals surface area contributed by atoms with E-state index in [1.54, 1.807) is 0 Å². The molecule has 0 aromatic carbocycles. The van der Waals surface area contributed by atoms with Crippen LogP contribution in [0.2, 0.25) is 0 Å². The number of aliphatic hydroxyl groups is 1. The molecule has 0 aromatic heterocycles. The number of hydrogen-bond donors (Lipinski definition) is 1. The number of epoxide rings is 1. The van der Waals surface area contributed by atoms with E-state index in [1.807, 2.05) is 19.9 Å². The van der Waals surface area contributed by atoms with Gasteiger partial charge in [0.25, 0.3) is 0 Å². The first-order valence-corrected chi connectivity index (χ1v) is 10.2. The molecule has 0 radical (unpaired) electrons. The van der Waals surface area contributed by atoms with Crippen molar-refractivity contribution >= 4 is 5.97 Å². The van der Waals surface area contributed by atoms with Gasteiger partial charge in [0.1, 0.15) is 11.8 Å². The van der Waals surface area contributed by atoms with Crippen LogP contribution >= 0.6 is 0 Å². The van der Waals surface area contributed by atoms with E-state index in [-0.39, 0.29) is 23.9 Å². The lowest BCUT2D eigenvalue weighted by Crippen LogP contribution is -2.63. The summed E-state index contributed by atoms with van der Waals surface area (Å²) in [6.07, 6.45) is 7.72. The number of carbonyl (C=O) groups is 1. The third-order valence-electron chi connectivity index (χ3n) is 9.05. The van der Waals surface area contributed by atoms with Crippen molar-refractivity contribution in [3.05, 3.63) is 23.8 Å². The third-order valence-corrected chi connectivity index (χ3v) is 9.05. The van der Waals surface area contributed by atoms with Crippen LogP contribution in [0.15, 0.2) is 23.8 Å². The van der Waals surface area contributed by atoms with Crippen molar-refractivity contribution in [2.24, 2.45) is 28.6 Å². The van der Waals surface area contributed by atoms with Crippen LogP contribution in [0.1, 0.15) is 46.5 Å². The fraction of sp³-hybridized carbons (Fsp3) is 0.773. The highest BCUT2D eigenvalue weighted by Crippen LogP contribution is 2.76. The normalized spacial score (nSPS) is 57.7. The maximum absolute atomic E-state index is 15.3. The Kier molecular flexibility index (Phi) is 3.33. The van der Waals surface area contributed by atoms with Gasteiger partial charge in [0.2, 0.25) is 0 Å². The predicted octanol–water partition coefficient (Wildman–Crippen LogP) is 3.34. The number of ether oxygens (including phenoxy) is 2. The standard InChI is InChI=1S/C22H29FO4/c1-12-9-14-15-10-16(23)13-7-5-6-8-19(13,2)22(15)17(27-22)11-20(14,3)21(12,25)18(24)26-4/h6-8,12,14-17,25H,5,9-11H2,1-4H3/t12-,14-,15-,16-,17-,19-,20-,21-,22+/m0/s1. The van der Waals surface area contributed by atoms with Crippen LogP contribution in [0.4, 0.5) is 4.39 Å². The lowest BCUT2D eigenvalue weighted by molar-refractivity contribution is -0.187. The average Bonchev–Trinajstić information content (AvgIpc) is 3.32. The van der Waals surface area contributed by atoms with Crippen LogP contribution in [0.5, 0.6) is 0 Å². The van der Waals surface area contributed by atoms with Crippen molar-refractivity contribution in [2.75, 3.05) is 7.11 Å². The summed E-state index contributed by atoms with van der Waals surface area (Å²) in [5, 5.41) is 11.5. The van der Waals surface area contributed by atoms with E-state index in [9.17, 15) is 9.90 Å². The molecule has 1 saturated heterocycles. The van der Waals surface area contributed by atoms with Crippen molar-refractivity contribution in [1.29, 1.82) is 0 Å². The van der Waals surface area contributed by atoms with Gasteiger partial charge < -0.3 is 14.6 Å². The summed E-state index contributed by atoms with van der Waals surface area (Å²) in [5.74, 6) is -0.770. The first-order chi connectivity index (χ1) is 12.7. The molecule has 1 aliphatic heterocycles. The highest BCUT2D eigenvalue weighted by atomic mass is 19.1. The molecule has 4 aliphatic carbocycles. The molecule has 3 saturated carbocycles. The minimum Gasteiger partial charge on any atom is -0.467 e. The summed E-state index contributed by atoms with van der Waals surface area (Å²) in [7, 11) is 1.33. The third kappa shape index (κ3) is 1.71. The van der Waals surface area contributed by atoms with Crippen LogP contribution in [-0.2, 0) is 14.3 Å². The lowest BCUT2D eigenvalue weighted by Gasteiger charge is -2.56. The van der Waals surface area contributed by atoms with Crippen molar-refractivity contribution in [2.45, 2.75) is 69.9 Å². The minimum atomic E-state index is -1.55. The number of allylic oxidation sites excluding steroid dienone is 2. The van der Waals surface area contributed by atoms with Crippen LogP contribution in [-0.4, -0.2) is 41.7 Å². The van der Waals surface area contributed by atoms with E-state index in [0.29, 0.717) is 19.3 Å². The zero-order valence-corrected chi connectivity index (χ0v) is 16.5. The molecule has 5 rings (SSSR count). The number of carbonyl (C=O) groups excluding carboxylic acids is 1. The Morgan fingerprint density at radius 2 is 2.07 bits per heavy atom. The van der Waals surface area contributed by atoms with Crippen LogP contribution < -0.4 is 0 Å². The first-order valence-electron chi connectivity index (χ1n) is 10.2. The molecule has 5 aliphatic rings. The number of halogens is 1. The molecule has 0 unspecified atom stereocenters. The fourth-order valence-corrected chi connectivity index (χ4v) is 7.71. The van der Waals surface area contributed by atoms with Gasteiger partial charge in [-0.3, -0.25) is 0 Å². The second kappa shape index (κ2) is 5.04. The van der Waals surface area contributed by atoms with Gasteiger partial charge in [0.05, 0.1) is 13.2 Å². The average molecular weight is 376 g/mol. The van der Waals surface area contributed by atoms with Gasteiger partial charge in [-0.1, -0.05) is 32.1 Å². The smallest absolute Gasteiger partial charge is 0.338 e. The second-order valence-corrected chi connectivity index (χ2v) is 9.83. The van der Waals surface area contributed by atoms with Crippen molar-refractivity contribution in [3.63, 3.8) is 0 Å². The lowest BCUT2D eigenvalue weighted by atomic mass is 9.46. The molecule has 27 heavy (non-hydrogen) atoms. The summed E-state index contributed by atoms with van der Waals surface area (Å²) in [5.41, 5.74) is -2.18. The van der Waals surface area contributed by atoms with Crippen LogP contribution in [0.25, 0.3) is 0 Å². The van der Waals surface area contributed by atoms with Gasteiger partial charge in [-0.05, 0) is 55.9 Å². The highest BCUT2D eigenvalue weighted by Gasteiger charge is 2.83. The van der Waals surface area contributed by atoms with Crippen LogP contribution in [0.3, 0.4) is 0 Å². The molecule has 0 bridgehead atoms. The minimum absolute atomic E-state index is 0.0118. The van der Waals surface area contributed by atoms with E-state index < -0.39 is 34.2 Å². The Morgan fingerprint density at radius 3 is 2.78 bits per heavy atom. The van der Waals surface area contributed by atoms with Gasteiger partial charge in [0, 0.05) is 10.8 Å². The van der Waals surface area contributed by atoms with E-state index in [4.69, 9.17) is 9.47 Å². The van der Waals surface area contributed by atoms with Gasteiger partial charge in [0.15, 0.2) is 5.60 Å². The monoisotopic (exact) mass is 376 g/mol. The van der Waals surface area contributed by atoms with E-state index >= 15 is 4.39 Å². The molecular formula is C22H29FO4. The topological polar surface area (TPSA) is 59.1 Å². The molecular weight excluding hydrogens is 347 g/mol. The van der Waals surface area contributed by atoms with Crippen molar-refractivity contribution in [1.82, 2.24) is 0 Å². The first kappa shape index (κ1) is 17.9. The highest BCUT2D eigenvalue weighted by molar-refractivity contribution is 5.81. The van der Waals surface area contributed by atoms with Crippen molar-refractivity contribution in [3.8, 4) is 0 Å². The molecule has 1 heterocycles. The maximum Gasteiger partial charge on any atom is 0.338 e. The van der Waals surface area contributed by atoms with Gasteiger partial charge in [-0.25, -0.2) is 9.18 Å². The van der Waals surface area contributed by atoms with Gasteiger partial charge in [-0.2, -0.15) is 0 Å². The molecule has 4 fully saturated rings. The largest absolute Gasteiger partial charge is 0.467 e. The zero-order valence-electron chi connectivity index (χ0n) is 16.5.